The van der Waals surface area contributed by atoms with E-state index in [1.807, 2.05) is 0 Å². The zero-order valence-electron chi connectivity index (χ0n) is 55.0. The van der Waals surface area contributed by atoms with Crippen molar-refractivity contribution < 1.29 is 0 Å². The maximum Gasteiger partial charge on any atom is 0.237 e. The third-order valence-corrected chi connectivity index (χ3v) is 22.8. The summed E-state index contributed by atoms with van der Waals surface area (Å²) in [6, 6.07) is 114. The van der Waals surface area contributed by atoms with E-state index in [4.69, 9.17) is 19.9 Å². The van der Waals surface area contributed by atoms with Crippen molar-refractivity contribution in [2.24, 2.45) is 0 Å². The van der Waals surface area contributed by atoms with Crippen LogP contribution in [0, 0.1) is 0 Å². The second kappa shape index (κ2) is 19.5. The average Bonchev–Trinajstić information content (AvgIpc) is 1.52. The molecule has 472 valence electrons. The van der Waals surface area contributed by atoms with Crippen molar-refractivity contribution in [2.45, 2.75) is 0 Å². The second-order valence-corrected chi connectivity index (χ2v) is 27.9. The molecule has 25 rings (SSSR count). The molecule has 16 aromatic carbocycles. The van der Waals surface area contributed by atoms with E-state index < -0.39 is 0 Å². The number of benzene rings is 16. The number of aromatic nitrogens is 9. The van der Waals surface area contributed by atoms with Gasteiger partial charge in [-0.05, 0) is 124 Å². The molecule has 0 aliphatic rings. The lowest BCUT2D eigenvalue weighted by Gasteiger charge is -2.15. The largest absolute Gasteiger partial charge is 0.308 e. The summed E-state index contributed by atoms with van der Waals surface area (Å²) >= 11 is 0. The minimum atomic E-state index is 0.619. The summed E-state index contributed by atoms with van der Waals surface area (Å²) in [6.45, 7) is 0. The molecule has 0 atom stereocenters. The first-order valence-electron chi connectivity index (χ1n) is 35.3. The van der Waals surface area contributed by atoms with E-state index in [0.29, 0.717) is 11.8 Å². The van der Waals surface area contributed by atoms with Crippen molar-refractivity contribution in [3.8, 4) is 40.1 Å². The van der Waals surface area contributed by atoms with Crippen LogP contribution in [0.1, 0.15) is 0 Å². The Morgan fingerprint density at radius 1 is 0.204 bits per heavy atom. The van der Waals surface area contributed by atoms with Gasteiger partial charge in [0.05, 0.1) is 77.2 Å². The Bertz CT molecular complexity index is 8090. The lowest BCUT2D eigenvalue weighted by Crippen LogP contribution is -2.07. The number of hydrogen-bond acceptors (Lipinski definition) is 4. The monoisotopic (exact) mass is 1310 g/mol. The maximum absolute atomic E-state index is 5.95. The molecule has 25 aromatic rings. The van der Waals surface area contributed by atoms with E-state index in [2.05, 4.69) is 332 Å². The topological polar surface area (TPSA) is 75.2 Å². The smallest absolute Gasteiger partial charge is 0.237 e. The Labute approximate surface area is 584 Å². The van der Waals surface area contributed by atoms with Gasteiger partial charge in [0.2, 0.25) is 5.95 Å². The van der Waals surface area contributed by atoms with Gasteiger partial charge in [0.1, 0.15) is 5.82 Å². The number of fused-ring (bicyclic) bond motifs is 30. The average molecular weight is 1310 g/mol. The van der Waals surface area contributed by atoms with E-state index in [0.717, 1.165) is 137 Å². The molecular formula is C94H51N9. The van der Waals surface area contributed by atoms with Gasteiger partial charge in [-0.1, -0.05) is 218 Å². The molecule has 9 heteroatoms. The highest BCUT2D eigenvalue weighted by molar-refractivity contribution is 6.38. The second-order valence-electron chi connectivity index (χ2n) is 27.9. The van der Waals surface area contributed by atoms with E-state index in [1.165, 1.54) is 86.7 Å². The molecular weight excluding hydrogens is 1260 g/mol. The van der Waals surface area contributed by atoms with Crippen LogP contribution in [0.5, 0.6) is 0 Å². The van der Waals surface area contributed by atoms with Crippen LogP contribution in [0.2, 0.25) is 0 Å². The molecule has 0 aliphatic carbocycles. The van der Waals surface area contributed by atoms with Gasteiger partial charge in [-0.2, -0.15) is 4.98 Å². The fourth-order valence-electron chi connectivity index (χ4n) is 18.7. The molecule has 9 heterocycles. The summed E-state index contributed by atoms with van der Waals surface area (Å²) in [5.41, 5.74) is 18.6. The van der Waals surface area contributed by atoms with Crippen LogP contribution < -0.4 is 0 Å². The zero-order valence-corrected chi connectivity index (χ0v) is 55.0. The molecule has 0 amide bonds. The highest BCUT2D eigenvalue weighted by Gasteiger charge is 2.31. The number of rotatable bonds is 5. The number of hydrogen-bond donors (Lipinski definition) is 0. The zero-order chi connectivity index (χ0) is 66.6. The fraction of sp³-hybridized carbons (Fsp3) is 0. The predicted octanol–water partition coefficient (Wildman–Crippen LogP) is 24.0. The van der Waals surface area contributed by atoms with Gasteiger partial charge in [0.15, 0.2) is 11.6 Å². The lowest BCUT2D eigenvalue weighted by molar-refractivity contribution is 0.974. The molecule has 0 N–H and O–H groups in total. The lowest BCUT2D eigenvalue weighted by atomic mass is 9.94. The summed E-state index contributed by atoms with van der Waals surface area (Å²) in [7, 11) is 0. The Balaban J connectivity index is 0.749. The SMILES string of the molecule is c1ccc2c(-c3ccc4c(c3)c3cc5c6ccc7ccccc7c6n(-c6nc(-n7c8ccccc8c8ccccc87)nc7ccccc67)c5c5c6ccccc6n4c35)cc(-c3nc(-n4c5c6ccccc6ccc5c5cc6c7ccccc7n7c8ccccc8c(c54)c67)c4ccccc4n3)cc2c1. The Hall–Kier alpha value is -14.0. The van der Waals surface area contributed by atoms with Crippen molar-refractivity contribution in [3.05, 3.63) is 309 Å². The van der Waals surface area contributed by atoms with Gasteiger partial charge in [0.25, 0.3) is 0 Å². The van der Waals surface area contributed by atoms with Gasteiger partial charge in [-0.3, -0.25) is 13.7 Å². The van der Waals surface area contributed by atoms with Crippen molar-refractivity contribution in [3.63, 3.8) is 0 Å². The van der Waals surface area contributed by atoms with Gasteiger partial charge in [-0.25, -0.2) is 15.0 Å². The highest BCUT2D eigenvalue weighted by atomic mass is 15.2. The maximum atomic E-state index is 5.95. The van der Waals surface area contributed by atoms with Crippen LogP contribution in [-0.4, -0.2) is 42.4 Å². The minimum absolute atomic E-state index is 0.619. The van der Waals surface area contributed by atoms with Crippen LogP contribution in [-0.2, 0) is 0 Å². The fourth-order valence-corrected chi connectivity index (χ4v) is 18.7. The highest BCUT2D eigenvalue weighted by Crippen LogP contribution is 2.52. The summed E-state index contributed by atoms with van der Waals surface area (Å²) in [5, 5.41) is 25.5. The van der Waals surface area contributed by atoms with Gasteiger partial charge < -0.3 is 8.80 Å². The number of para-hydroxylation sites is 7. The first kappa shape index (κ1) is 54.0. The first-order chi connectivity index (χ1) is 51.1. The molecule has 0 aliphatic heterocycles. The van der Waals surface area contributed by atoms with Crippen molar-refractivity contribution >= 4 is 196 Å². The molecule has 9 aromatic heterocycles. The molecule has 0 fully saturated rings. The predicted molar refractivity (Wildman–Crippen MR) is 428 cm³/mol. The molecule has 9 nitrogen and oxygen atoms in total. The third-order valence-electron chi connectivity index (χ3n) is 22.8. The van der Waals surface area contributed by atoms with Crippen molar-refractivity contribution in [1.29, 1.82) is 0 Å². The molecule has 0 unspecified atom stereocenters. The van der Waals surface area contributed by atoms with E-state index in [-0.39, 0.29) is 0 Å². The molecule has 0 radical (unpaired) electrons. The van der Waals surface area contributed by atoms with E-state index >= 15 is 0 Å². The number of nitrogens with zero attached hydrogens (tertiary/aromatic N) is 9. The third kappa shape index (κ3) is 6.90. The van der Waals surface area contributed by atoms with Crippen LogP contribution in [0.25, 0.3) is 236 Å². The van der Waals surface area contributed by atoms with Crippen molar-refractivity contribution in [2.75, 3.05) is 0 Å². The molecule has 0 saturated heterocycles. The quantitative estimate of drug-likeness (QED) is 0.172. The van der Waals surface area contributed by atoms with Crippen LogP contribution in [0.15, 0.2) is 309 Å². The van der Waals surface area contributed by atoms with Gasteiger partial charge in [-0.15, -0.1) is 0 Å². The molecule has 0 saturated carbocycles. The molecule has 103 heavy (non-hydrogen) atoms. The molecule has 0 bridgehead atoms. The van der Waals surface area contributed by atoms with Gasteiger partial charge >= 0.3 is 0 Å². The summed E-state index contributed by atoms with van der Waals surface area (Å²) in [6.07, 6.45) is 0. The Morgan fingerprint density at radius 3 is 1.19 bits per heavy atom. The first-order valence-corrected chi connectivity index (χ1v) is 35.3. The van der Waals surface area contributed by atoms with Crippen LogP contribution in [0.4, 0.5) is 0 Å². The van der Waals surface area contributed by atoms with Crippen molar-refractivity contribution in [1.82, 2.24) is 42.4 Å². The van der Waals surface area contributed by atoms with Crippen LogP contribution >= 0.6 is 0 Å². The van der Waals surface area contributed by atoms with E-state index in [9.17, 15) is 0 Å². The summed E-state index contributed by atoms with van der Waals surface area (Å²) in [4.78, 5) is 22.9. The Kier molecular flexibility index (Phi) is 10.2. The Morgan fingerprint density at radius 2 is 0.621 bits per heavy atom. The van der Waals surface area contributed by atoms with E-state index in [1.54, 1.807) is 0 Å². The minimum Gasteiger partial charge on any atom is -0.308 e. The summed E-state index contributed by atoms with van der Waals surface area (Å²) in [5.74, 6) is 2.94. The van der Waals surface area contributed by atoms with Gasteiger partial charge in [0, 0.05) is 103 Å². The normalized spacial score (nSPS) is 12.7. The van der Waals surface area contributed by atoms with Crippen LogP contribution in [0.3, 0.4) is 0 Å². The standard InChI is InChI=1S/C94H51N9/c1-5-25-58-52(21-1)41-44-63-72-50-71-62-29-11-16-36-77(62)99-80-39-19-12-32-67(80)83(87(71)99)89(72)102(85(58)63)92-65-30-7-14-34-75(65)95-91(97-92)56-47-54-23-3-4-24-57(54)69(49-56)55-43-46-82-70(48-55)74-51-73-64-45-42-53-22-2-6-26-59(53)86(64)103(90(73)84-68-33-13-20-40-81(68)100(82)88(74)84)93-66-31-8-15-35-76(66)96-94(98-93)101-78-37-17-9-27-60(78)61-28-10-18-38-79(61)101/h1-51H. The summed E-state index contributed by atoms with van der Waals surface area (Å²) < 4.78 is 12.2. The molecule has 0 spiro atoms.